The molecule has 196 valence electrons. The predicted octanol–water partition coefficient (Wildman–Crippen LogP) is 4.08. The van der Waals surface area contributed by atoms with Gasteiger partial charge in [0.1, 0.15) is 12.5 Å². The van der Waals surface area contributed by atoms with E-state index in [2.05, 4.69) is 31.2 Å². The number of aryl methyl sites for hydroxylation is 1. The van der Waals surface area contributed by atoms with Crippen LogP contribution < -0.4 is 5.32 Å². The number of nitrogens with zero attached hydrogens (tertiary/aromatic N) is 3. The Morgan fingerprint density at radius 1 is 1.19 bits per heavy atom. The van der Waals surface area contributed by atoms with Gasteiger partial charge in [-0.25, -0.2) is 9.37 Å². The van der Waals surface area contributed by atoms with Crippen LogP contribution in [0.25, 0.3) is 11.0 Å². The number of benzene rings is 1. The number of H-pyrrole nitrogens is 1. The molecule has 2 fully saturated rings. The first-order valence-electron chi connectivity index (χ1n) is 13.7. The molecule has 8 heteroatoms. The van der Waals surface area contributed by atoms with Gasteiger partial charge in [-0.3, -0.25) is 14.7 Å². The van der Waals surface area contributed by atoms with Crippen molar-refractivity contribution in [2.75, 3.05) is 26.3 Å². The molecule has 7 nitrogen and oxygen atoms in total. The molecular formula is C29H36FN5O2. The zero-order chi connectivity index (χ0) is 25.2. The summed E-state index contributed by atoms with van der Waals surface area (Å²) < 4.78 is 19.1. The summed E-state index contributed by atoms with van der Waals surface area (Å²) in [5, 5.41) is 3.37. The Labute approximate surface area is 217 Å². The van der Waals surface area contributed by atoms with Crippen molar-refractivity contribution in [2.24, 2.45) is 5.92 Å². The summed E-state index contributed by atoms with van der Waals surface area (Å²) in [6.45, 7) is 2.98. The second kappa shape index (κ2) is 10.9. The van der Waals surface area contributed by atoms with E-state index in [9.17, 15) is 9.18 Å². The highest BCUT2D eigenvalue weighted by Crippen LogP contribution is 2.39. The lowest BCUT2D eigenvalue weighted by atomic mass is 9.88. The monoisotopic (exact) mass is 505 g/mol. The van der Waals surface area contributed by atoms with E-state index in [-0.39, 0.29) is 18.4 Å². The summed E-state index contributed by atoms with van der Waals surface area (Å²) in [6.07, 6.45) is 10.7. The minimum atomic E-state index is -0.570. The van der Waals surface area contributed by atoms with Gasteiger partial charge in [0.2, 0.25) is 5.91 Å². The summed E-state index contributed by atoms with van der Waals surface area (Å²) in [7, 11) is 0. The van der Waals surface area contributed by atoms with Gasteiger partial charge in [0, 0.05) is 56.3 Å². The molecule has 6 rings (SSSR count). The number of carbonyl (C=O) groups excluding carboxylic acids is 1. The number of para-hydroxylation sites is 1. The minimum Gasteiger partial charge on any atom is -0.381 e. The Kier molecular flexibility index (Phi) is 7.20. The quantitative estimate of drug-likeness (QED) is 0.506. The molecule has 2 saturated heterocycles. The van der Waals surface area contributed by atoms with Crippen LogP contribution in [0.5, 0.6) is 0 Å². The number of alkyl halides is 1. The van der Waals surface area contributed by atoms with Gasteiger partial charge in [-0.05, 0) is 73.6 Å². The van der Waals surface area contributed by atoms with Crippen molar-refractivity contribution in [2.45, 2.75) is 69.6 Å². The lowest BCUT2D eigenvalue weighted by Gasteiger charge is -2.26. The van der Waals surface area contributed by atoms with Crippen molar-refractivity contribution < 1.29 is 13.9 Å². The van der Waals surface area contributed by atoms with Crippen LogP contribution in [0, 0.1) is 5.92 Å². The largest absolute Gasteiger partial charge is 0.381 e. The molecule has 0 bridgehead atoms. The van der Waals surface area contributed by atoms with Crippen molar-refractivity contribution >= 4 is 16.9 Å². The molecule has 1 amide bonds. The number of amides is 1. The third-order valence-electron chi connectivity index (χ3n) is 8.61. The smallest absolute Gasteiger partial charge is 0.227 e. The van der Waals surface area contributed by atoms with Crippen LogP contribution in [0.15, 0.2) is 36.7 Å². The minimum absolute atomic E-state index is 0.0320. The molecule has 1 aliphatic carbocycles. The van der Waals surface area contributed by atoms with Gasteiger partial charge in [0.25, 0.3) is 0 Å². The summed E-state index contributed by atoms with van der Waals surface area (Å²) in [5.41, 5.74) is 4.74. The Hall–Kier alpha value is -2.84. The molecular weight excluding hydrogens is 469 g/mol. The average molecular weight is 506 g/mol. The summed E-state index contributed by atoms with van der Waals surface area (Å²) in [5.74, 6) is 1.44. The van der Waals surface area contributed by atoms with Crippen LogP contribution in [-0.2, 0) is 29.0 Å². The van der Waals surface area contributed by atoms with E-state index in [0.717, 1.165) is 70.3 Å². The fourth-order valence-corrected chi connectivity index (χ4v) is 6.73. The number of aromatic nitrogens is 3. The molecule has 1 aromatic carbocycles. The van der Waals surface area contributed by atoms with Crippen LogP contribution in [0.3, 0.4) is 0 Å². The topological polar surface area (TPSA) is 83.1 Å². The van der Waals surface area contributed by atoms with E-state index in [1.165, 1.54) is 11.1 Å². The zero-order valence-electron chi connectivity index (χ0n) is 21.3. The first-order valence-corrected chi connectivity index (χ1v) is 13.7. The van der Waals surface area contributed by atoms with Gasteiger partial charge in [0.15, 0.2) is 0 Å². The standard InChI is InChI=1S/C29H36FN5O2/c30-15-21-3-1-5-25-29(21)34-27(32-25)14-28(36)33-26-18-35(23-4-2-11-37-12-9-23)17-22(26)13-20-7-6-19-8-10-31-16-24(19)20/h1,3,5,8,10,16,20,22-23,26H,2,4,6-7,9,11-15,17-18H2,(H,32,34)(H,33,36)/t20?,22-,23?,26?/m0/s1. The van der Waals surface area contributed by atoms with Crippen LogP contribution in [0.1, 0.15) is 60.5 Å². The molecule has 37 heavy (non-hydrogen) atoms. The number of rotatable bonds is 7. The van der Waals surface area contributed by atoms with Crippen LogP contribution in [-0.4, -0.2) is 64.1 Å². The lowest BCUT2D eigenvalue weighted by Crippen LogP contribution is -2.42. The van der Waals surface area contributed by atoms with Gasteiger partial charge in [-0.15, -0.1) is 0 Å². The maximum atomic E-state index is 13.4. The first kappa shape index (κ1) is 24.5. The Morgan fingerprint density at radius 2 is 2.14 bits per heavy atom. The number of likely N-dealkylation sites (tertiary alicyclic amines) is 1. The fourth-order valence-electron chi connectivity index (χ4n) is 6.73. The molecule has 4 atom stereocenters. The average Bonchev–Trinajstić information content (AvgIpc) is 3.55. The number of nitrogens with one attached hydrogen (secondary N) is 2. The highest BCUT2D eigenvalue weighted by atomic mass is 19.1. The second-order valence-corrected chi connectivity index (χ2v) is 10.9. The van der Waals surface area contributed by atoms with E-state index >= 15 is 0 Å². The normalized spacial score (nSPS) is 26.3. The van der Waals surface area contributed by atoms with E-state index in [1.807, 2.05) is 24.5 Å². The van der Waals surface area contributed by atoms with Crippen molar-refractivity contribution in [1.29, 1.82) is 0 Å². The van der Waals surface area contributed by atoms with Gasteiger partial charge in [-0.1, -0.05) is 12.1 Å². The Balaban J connectivity index is 1.17. The molecule has 0 radical (unpaired) electrons. The third kappa shape index (κ3) is 5.27. The molecule has 0 saturated carbocycles. The third-order valence-corrected chi connectivity index (χ3v) is 8.61. The maximum Gasteiger partial charge on any atom is 0.227 e. The number of carbonyl (C=O) groups is 1. The SMILES string of the molecule is O=C(Cc1nc2c(CF)cccc2[nH]1)NC1CN(C2CCCOCC2)C[C@@H]1CC1CCc2ccncc21. The van der Waals surface area contributed by atoms with Crippen LogP contribution in [0.2, 0.25) is 0 Å². The number of hydrogen-bond acceptors (Lipinski definition) is 5. The molecule has 3 unspecified atom stereocenters. The van der Waals surface area contributed by atoms with E-state index in [0.29, 0.717) is 34.8 Å². The fraction of sp³-hybridized carbons (Fsp3) is 0.552. The van der Waals surface area contributed by atoms with Gasteiger partial charge in [0.05, 0.1) is 17.5 Å². The van der Waals surface area contributed by atoms with E-state index in [4.69, 9.17) is 4.74 Å². The van der Waals surface area contributed by atoms with Crippen LogP contribution in [0.4, 0.5) is 4.39 Å². The summed E-state index contributed by atoms with van der Waals surface area (Å²) in [6, 6.07) is 8.19. The Morgan fingerprint density at radius 3 is 3.05 bits per heavy atom. The number of aromatic amines is 1. The number of ether oxygens (including phenoxy) is 1. The highest BCUT2D eigenvalue weighted by molar-refractivity contribution is 5.82. The molecule has 3 aromatic rings. The molecule has 3 aliphatic rings. The van der Waals surface area contributed by atoms with Gasteiger partial charge < -0.3 is 15.0 Å². The maximum absolute atomic E-state index is 13.4. The number of hydrogen-bond donors (Lipinski definition) is 2. The number of fused-ring (bicyclic) bond motifs is 2. The van der Waals surface area contributed by atoms with Crippen molar-refractivity contribution in [3.8, 4) is 0 Å². The van der Waals surface area contributed by atoms with Gasteiger partial charge in [-0.2, -0.15) is 0 Å². The number of pyridine rings is 1. The highest BCUT2D eigenvalue weighted by Gasteiger charge is 2.39. The molecule has 2 aromatic heterocycles. The summed E-state index contributed by atoms with van der Waals surface area (Å²) >= 11 is 0. The molecule has 0 spiro atoms. The van der Waals surface area contributed by atoms with E-state index < -0.39 is 6.67 Å². The molecule has 4 heterocycles. The van der Waals surface area contributed by atoms with Crippen molar-refractivity contribution in [1.82, 2.24) is 25.2 Å². The first-order chi connectivity index (χ1) is 18.2. The zero-order valence-corrected chi connectivity index (χ0v) is 21.3. The predicted molar refractivity (Wildman–Crippen MR) is 140 cm³/mol. The number of imidazole rings is 1. The second-order valence-electron chi connectivity index (χ2n) is 10.9. The molecule has 2 aliphatic heterocycles. The van der Waals surface area contributed by atoms with Gasteiger partial charge >= 0.3 is 0 Å². The van der Waals surface area contributed by atoms with E-state index in [1.54, 1.807) is 6.07 Å². The van der Waals surface area contributed by atoms with Crippen LogP contribution >= 0.6 is 0 Å². The molecule has 2 N–H and O–H groups in total. The van der Waals surface area contributed by atoms with Crippen molar-refractivity contribution in [3.05, 3.63) is 59.2 Å². The Bertz CT molecular complexity index is 1240. The van der Waals surface area contributed by atoms with Crippen molar-refractivity contribution in [3.63, 3.8) is 0 Å². The number of halogens is 1. The lowest BCUT2D eigenvalue weighted by molar-refractivity contribution is -0.121. The summed E-state index contributed by atoms with van der Waals surface area (Å²) in [4.78, 5) is 28.0.